The molecular weight excluding hydrogens is 511 g/mol. The van der Waals surface area contributed by atoms with E-state index in [0.29, 0.717) is 49.6 Å². The van der Waals surface area contributed by atoms with Crippen molar-refractivity contribution in [1.82, 2.24) is 9.47 Å². The van der Waals surface area contributed by atoms with Gasteiger partial charge in [-0.2, -0.15) is 0 Å². The Morgan fingerprint density at radius 2 is 1.77 bits per heavy atom. The number of esters is 1. The Bertz CT molecular complexity index is 1500. The van der Waals surface area contributed by atoms with Crippen molar-refractivity contribution in [2.45, 2.75) is 20.4 Å². The van der Waals surface area contributed by atoms with Crippen molar-refractivity contribution in [2.75, 3.05) is 49.5 Å². The summed E-state index contributed by atoms with van der Waals surface area (Å²) in [5.74, 6) is -3.26. The minimum absolute atomic E-state index is 0.00477. The zero-order valence-corrected chi connectivity index (χ0v) is 21.6. The molecule has 0 unspecified atom stereocenters. The molecule has 1 saturated heterocycles. The highest BCUT2D eigenvalue weighted by Crippen LogP contribution is 2.27. The number of aromatic hydroxyl groups is 1. The molecule has 12 heteroatoms. The first-order valence-electron chi connectivity index (χ1n) is 12.5. The second-order valence-electron chi connectivity index (χ2n) is 9.05. The van der Waals surface area contributed by atoms with E-state index in [4.69, 9.17) is 4.74 Å². The number of phenols is 1. The van der Waals surface area contributed by atoms with Crippen LogP contribution in [0.15, 0.2) is 41.3 Å². The number of benzene rings is 2. The summed E-state index contributed by atoms with van der Waals surface area (Å²) < 4.78 is 21.6. The summed E-state index contributed by atoms with van der Waals surface area (Å²) in [4.78, 5) is 52.1. The fourth-order valence-corrected chi connectivity index (χ4v) is 4.60. The summed E-state index contributed by atoms with van der Waals surface area (Å²) in [5, 5.41) is 22.1. The number of halogens is 1. The molecule has 1 aliphatic rings. The van der Waals surface area contributed by atoms with Gasteiger partial charge in [-0.25, -0.2) is 14.0 Å². The van der Waals surface area contributed by atoms with E-state index in [-0.39, 0.29) is 35.8 Å². The molecule has 1 amide bonds. The van der Waals surface area contributed by atoms with Crippen molar-refractivity contribution in [3.63, 3.8) is 0 Å². The molecule has 1 aliphatic heterocycles. The highest BCUT2D eigenvalue weighted by molar-refractivity contribution is 5.96. The number of fused-ring (bicyclic) bond motifs is 1. The molecule has 1 aromatic heterocycles. The van der Waals surface area contributed by atoms with Crippen molar-refractivity contribution in [3.05, 3.63) is 63.7 Å². The molecular formula is C27H29FN4O7. The largest absolute Gasteiger partial charge is 0.507 e. The lowest BCUT2D eigenvalue weighted by atomic mass is 10.1. The van der Waals surface area contributed by atoms with Gasteiger partial charge in [0, 0.05) is 56.1 Å². The first-order chi connectivity index (χ1) is 18.6. The topological polar surface area (TPSA) is 141 Å². The Morgan fingerprint density at radius 1 is 1.05 bits per heavy atom. The quantitative estimate of drug-likeness (QED) is 0.368. The van der Waals surface area contributed by atoms with E-state index in [1.165, 1.54) is 24.4 Å². The lowest BCUT2D eigenvalue weighted by Crippen LogP contribution is -2.49. The van der Waals surface area contributed by atoms with Crippen LogP contribution in [0.5, 0.6) is 5.75 Å². The van der Waals surface area contributed by atoms with Crippen LogP contribution in [0.2, 0.25) is 0 Å². The second kappa shape index (κ2) is 11.5. The number of carboxylic acid groups (broad SMARTS) is 1. The second-order valence-corrected chi connectivity index (χ2v) is 9.05. The maximum atomic E-state index is 15.1. The third-order valence-electron chi connectivity index (χ3n) is 6.58. The van der Waals surface area contributed by atoms with Crippen LogP contribution in [0.25, 0.3) is 10.9 Å². The molecule has 0 aliphatic carbocycles. The predicted octanol–water partition coefficient (Wildman–Crippen LogP) is 2.50. The minimum Gasteiger partial charge on any atom is -0.507 e. The number of rotatable bonds is 8. The van der Waals surface area contributed by atoms with Crippen LogP contribution in [0.1, 0.15) is 34.6 Å². The van der Waals surface area contributed by atoms with E-state index in [0.717, 1.165) is 6.07 Å². The summed E-state index contributed by atoms with van der Waals surface area (Å²) in [7, 11) is 0. The van der Waals surface area contributed by atoms with E-state index in [9.17, 15) is 29.4 Å². The fourth-order valence-electron chi connectivity index (χ4n) is 4.60. The molecule has 0 atom stereocenters. The number of carbonyl (C=O) groups excluding carboxylic acids is 2. The van der Waals surface area contributed by atoms with E-state index < -0.39 is 28.7 Å². The number of anilines is 2. The number of nitrogens with one attached hydrogen (secondary N) is 1. The van der Waals surface area contributed by atoms with Gasteiger partial charge in [0.05, 0.1) is 24.4 Å². The molecule has 2 heterocycles. The van der Waals surface area contributed by atoms with Gasteiger partial charge in [-0.3, -0.25) is 14.5 Å². The molecule has 3 N–H and O–H groups in total. The van der Waals surface area contributed by atoms with Gasteiger partial charge in [0.2, 0.25) is 11.3 Å². The first kappa shape index (κ1) is 27.6. The SMILES string of the molecule is CCOC(=O)c1ccc(NC(=O)CN2CCN(c3cc4c(cc3F)c(=O)c(C(=O)O)cn4CC)CC2)cc1O. The number of carboxylic acids is 1. The van der Waals surface area contributed by atoms with Gasteiger partial charge >= 0.3 is 11.9 Å². The number of phenolic OH excluding ortho intramolecular Hbond substituents is 1. The Kier molecular flexibility index (Phi) is 8.15. The van der Waals surface area contributed by atoms with Crippen molar-refractivity contribution in [3.8, 4) is 5.75 Å². The maximum absolute atomic E-state index is 15.1. The van der Waals surface area contributed by atoms with Crippen LogP contribution in [-0.4, -0.2) is 76.9 Å². The number of nitrogens with zero attached hydrogens (tertiary/aromatic N) is 3. The Morgan fingerprint density at radius 3 is 2.38 bits per heavy atom. The van der Waals surface area contributed by atoms with Gasteiger partial charge in [0.15, 0.2) is 0 Å². The van der Waals surface area contributed by atoms with E-state index in [2.05, 4.69) is 5.32 Å². The van der Waals surface area contributed by atoms with Crippen LogP contribution in [0, 0.1) is 5.82 Å². The summed E-state index contributed by atoms with van der Waals surface area (Å²) >= 11 is 0. The van der Waals surface area contributed by atoms with Gasteiger partial charge in [-0.1, -0.05) is 0 Å². The molecule has 11 nitrogen and oxygen atoms in total. The number of aromatic nitrogens is 1. The van der Waals surface area contributed by atoms with Crippen molar-refractivity contribution >= 4 is 40.1 Å². The smallest absolute Gasteiger partial charge is 0.341 e. The van der Waals surface area contributed by atoms with E-state index >= 15 is 4.39 Å². The van der Waals surface area contributed by atoms with E-state index in [1.807, 2.05) is 9.80 Å². The third-order valence-corrected chi connectivity index (χ3v) is 6.58. The zero-order chi connectivity index (χ0) is 28.3. The number of aryl methyl sites for hydroxylation is 1. The Balaban J connectivity index is 1.41. The number of hydrogen-bond donors (Lipinski definition) is 3. The molecule has 0 saturated carbocycles. The molecule has 39 heavy (non-hydrogen) atoms. The highest BCUT2D eigenvalue weighted by Gasteiger charge is 2.24. The summed E-state index contributed by atoms with van der Waals surface area (Å²) in [5.41, 5.74) is -0.0575. The standard InChI is InChI=1S/C27H29FN4O7/c1-3-31-14-19(26(36)37)25(35)18-12-20(28)22(13-21(18)31)32-9-7-30(8-10-32)15-24(34)29-16-5-6-17(23(33)11-16)27(38)39-4-2/h5-6,11-14,33H,3-4,7-10,15H2,1-2H3,(H,29,34)(H,36,37). The minimum atomic E-state index is -1.36. The zero-order valence-electron chi connectivity index (χ0n) is 21.6. The predicted molar refractivity (Wildman–Crippen MR) is 142 cm³/mol. The number of ether oxygens (including phenoxy) is 1. The number of pyridine rings is 1. The fraction of sp³-hybridized carbons (Fsp3) is 0.333. The molecule has 3 aromatic rings. The van der Waals surface area contributed by atoms with Crippen LogP contribution in [-0.2, 0) is 16.1 Å². The monoisotopic (exact) mass is 540 g/mol. The number of amides is 1. The van der Waals surface area contributed by atoms with Crippen LogP contribution in [0.3, 0.4) is 0 Å². The molecule has 206 valence electrons. The van der Waals surface area contributed by atoms with E-state index in [1.54, 1.807) is 24.5 Å². The van der Waals surface area contributed by atoms with Crippen molar-refractivity contribution in [2.24, 2.45) is 0 Å². The summed E-state index contributed by atoms with van der Waals surface area (Å²) in [6, 6.07) is 6.81. The average Bonchev–Trinajstić information content (AvgIpc) is 2.89. The lowest BCUT2D eigenvalue weighted by molar-refractivity contribution is -0.117. The highest BCUT2D eigenvalue weighted by atomic mass is 19.1. The molecule has 1 fully saturated rings. The van der Waals surface area contributed by atoms with Crippen molar-refractivity contribution < 1.29 is 33.7 Å². The van der Waals surface area contributed by atoms with Gasteiger partial charge in [-0.15, -0.1) is 0 Å². The number of piperazine rings is 1. The maximum Gasteiger partial charge on any atom is 0.341 e. The van der Waals surface area contributed by atoms with Crippen molar-refractivity contribution in [1.29, 1.82) is 0 Å². The molecule has 0 radical (unpaired) electrons. The van der Waals surface area contributed by atoms with Crippen LogP contribution < -0.4 is 15.6 Å². The first-order valence-corrected chi connectivity index (χ1v) is 12.5. The summed E-state index contributed by atoms with van der Waals surface area (Å²) in [6.45, 7) is 5.89. The van der Waals surface area contributed by atoms with Crippen LogP contribution in [0.4, 0.5) is 15.8 Å². The Hall–Kier alpha value is -4.45. The normalized spacial score (nSPS) is 13.9. The molecule has 4 rings (SSSR count). The number of hydrogen-bond acceptors (Lipinski definition) is 8. The summed E-state index contributed by atoms with van der Waals surface area (Å²) in [6.07, 6.45) is 1.27. The number of aromatic carboxylic acids is 1. The third kappa shape index (κ3) is 5.85. The molecule has 0 bridgehead atoms. The molecule has 2 aromatic carbocycles. The van der Waals surface area contributed by atoms with Gasteiger partial charge in [0.25, 0.3) is 0 Å². The molecule has 0 spiro atoms. The van der Waals surface area contributed by atoms with Gasteiger partial charge in [0.1, 0.15) is 22.7 Å². The van der Waals surface area contributed by atoms with Crippen LogP contribution >= 0.6 is 0 Å². The lowest BCUT2D eigenvalue weighted by Gasteiger charge is -2.36. The van der Waals surface area contributed by atoms with Gasteiger partial charge < -0.3 is 29.7 Å². The Labute approximate surface area is 223 Å². The number of carbonyl (C=O) groups is 3. The average molecular weight is 541 g/mol. The van der Waals surface area contributed by atoms with Gasteiger partial charge in [-0.05, 0) is 38.1 Å².